The second-order valence-electron chi connectivity index (χ2n) is 5.12. The largest absolute Gasteiger partial charge is 0.312 e. The van der Waals surface area contributed by atoms with E-state index in [-0.39, 0.29) is 16.9 Å². The summed E-state index contributed by atoms with van der Waals surface area (Å²) in [5.41, 5.74) is 1.69. The van der Waals surface area contributed by atoms with E-state index >= 15 is 0 Å². The van der Waals surface area contributed by atoms with Gasteiger partial charge in [0, 0.05) is 36.7 Å². The minimum Gasteiger partial charge on any atom is -0.312 e. The number of aromatic amines is 1. The third-order valence-corrected chi connectivity index (χ3v) is 5.18. The van der Waals surface area contributed by atoms with Gasteiger partial charge in [-0.15, -0.1) is 0 Å². The van der Waals surface area contributed by atoms with Crippen molar-refractivity contribution in [2.24, 2.45) is 5.92 Å². The monoisotopic (exact) mass is 367 g/mol. The molecule has 2 aromatic rings. The normalized spacial score (nSPS) is 18.7. The van der Waals surface area contributed by atoms with Gasteiger partial charge in [-0.05, 0) is 40.0 Å². The van der Waals surface area contributed by atoms with Crippen molar-refractivity contribution in [1.29, 1.82) is 0 Å². The fourth-order valence-corrected chi connectivity index (χ4v) is 3.63. The van der Waals surface area contributed by atoms with Crippen LogP contribution in [0.1, 0.15) is 13.3 Å². The van der Waals surface area contributed by atoms with Crippen molar-refractivity contribution in [1.82, 2.24) is 10.2 Å². The molecule has 2 heterocycles. The number of carbonyl (C=O) groups is 2. The van der Waals surface area contributed by atoms with Crippen LogP contribution in [0.3, 0.4) is 0 Å². The predicted octanol–water partition coefficient (Wildman–Crippen LogP) is 2.96. The standard InChI is InChI=1S/C14H14BrN3O2S/c1-8(19)21-7-9-4-13(20)18(6-9)10-2-3-11-12(5-10)16-17-14(11)15/h2-3,5,9H,4,6-7H2,1H3,(H,16,17). The van der Waals surface area contributed by atoms with Gasteiger partial charge in [-0.2, -0.15) is 5.10 Å². The molecule has 1 unspecified atom stereocenters. The molecule has 0 saturated carbocycles. The molecule has 1 aliphatic heterocycles. The number of nitrogens with one attached hydrogen (secondary N) is 1. The van der Waals surface area contributed by atoms with Crippen LogP contribution in [-0.2, 0) is 9.59 Å². The van der Waals surface area contributed by atoms with Crippen LogP contribution in [0.15, 0.2) is 22.8 Å². The number of H-pyrrole nitrogens is 1. The molecule has 3 rings (SSSR count). The molecule has 1 aromatic heterocycles. The Bertz CT molecular complexity index is 715. The van der Waals surface area contributed by atoms with Gasteiger partial charge in [0.1, 0.15) is 4.60 Å². The molecule has 110 valence electrons. The molecule has 7 heteroatoms. The first-order chi connectivity index (χ1) is 10.0. The summed E-state index contributed by atoms with van der Waals surface area (Å²) in [6.07, 6.45) is 0.503. The smallest absolute Gasteiger partial charge is 0.227 e. The summed E-state index contributed by atoms with van der Waals surface area (Å²) in [5.74, 6) is 1.04. The molecule has 21 heavy (non-hydrogen) atoms. The molecule has 0 spiro atoms. The van der Waals surface area contributed by atoms with Crippen molar-refractivity contribution in [2.45, 2.75) is 13.3 Å². The number of halogens is 1. The number of anilines is 1. The van der Waals surface area contributed by atoms with E-state index in [1.54, 1.807) is 11.8 Å². The molecule has 0 aliphatic carbocycles. The van der Waals surface area contributed by atoms with Crippen LogP contribution in [0.5, 0.6) is 0 Å². The van der Waals surface area contributed by atoms with Crippen LogP contribution in [0.25, 0.3) is 10.9 Å². The van der Waals surface area contributed by atoms with Crippen LogP contribution in [0.4, 0.5) is 5.69 Å². The van der Waals surface area contributed by atoms with E-state index in [1.807, 2.05) is 18.2 Å². The van der Waals surface area contributed by atoms with Crippen molar-refractivity contribution >= 4 is 55.3 Å². The van der Waals surface area contributed by atoms with E-state index in [1.165, 1.54) is 11.8 Å². The highest BCUT2D eigenvalue weighted by Gasteiger charge is 2.31. The number of fused-ring (bicyclic) bond motifs is 1. The van der Waals surface area contributed by atoms with Crippen LogP contribution in [0, 0.1) is 5.92 Å². The fraction of sp³-hybridized carbons (Fsp3) is 0.357. The van der Waals surface area contributed by atoms with Gasteiger partial charge < -0.3 is 4.90 Å². The number of amides is 1. The maximum atomic E-state index is 12.2. The SMILES string of the molecule is CC(=O)SCC1CC(=O)N(c2ccc3c(Br)[nH]nc3c2)C1. The number of carbonyl (C=O) groups excluding carboxylic acids is 2. The highest BCUT2D eigenvalue weighted by molar-refractivity contribution is 9.10. The molecule has 1 fully saturated rings. The first-order valence-electron chi connectivity index (χ1n) is 6.62. The van der Waals surface area contributed by atoms with Gasteiger partial charge in [0.15, 0.2) is 5.12 Å². The number of benzene rings is 1. The van der Waals surface area contributed by atoms with Crippen molar-refractivity contribution in [2.75, 3.05) is 17.2 Å². The number of aromatic nitrogens is 2. The van der Waals surface area contributed by atoms with Crippen molar-refractivity contribution < 1.29 is 9.59 Å². The quantitative estimate of drug-likeness (QED) is 0.905. The Balaban J connectivity index is 1.78. The Labute approximate surface area is 134 Å². The van der Waals surface area contributed by atoms with E-state index < -0.39 is 0 Å². The Hall–Kier alpha value is -1.34. The van der Waals surface area contributed by atoms with E-state index in [9.17, 15) is 9.59 Å². The van der Waals surface area contributed by atoms with Crippen LogP contribution < -0.4 is 4.90 Å². The zero-order valence-corrected chi connectivity index (χ0v) is 13.8. The molecule has 1 aromatic carbocycles. The Kier molecular flexibility index (Phi) is 4.03. The maximum absolute atomic E-state index is 12.2. The Morgan fingerprint density at radius 2 is 2.38 bits per heavy atom. The summed E-state index contributed by atoms with van der Waals surface area (Å²) < 4.78 is 0.840. The Morgan fingerprint density at radius 1 is 1.57 bits per heavy atom. The minimum absolute atomic E-state index is 0.101. The van der Waals surface area contributed by atoms with Crippen molar-refractivity contribution in [3.05, 3.63) is 22.8 Å². The van der Waals surface area contributed by atoms with Gasteiger partial charge in [0.2, 0.25) is 5.91 Å². The highest BCUT2D eigenvalue weighted by atomic mass is 79.9. The average molecular weight is 368 g/mol. The fourth-order valence-electron chi connectivity index (χ4n) is 2.51. The first kappa shape index (κ1) is 14.6. The third-order valence-electron chi connectivity index (χ3n) is 3.53. The van der Waals surface area contributed by atoms with Gasteiger partial charge in [0.05, 0.1) is 5.52 Å². The van der Waals surface area contributed by atoms with E-state index in [0.717, 1.165) is 21.2 Å². The molecule has 0 bridgehead atoms. The third kappa shape index (κ3) is 2.98. The maximum Gasteiger partial charge on any atom is 0.227 e. The van der Waals surface area contributed by atoms with Crippen molar-refractivity contribution in [3.63, 3.8) is 0 Å². The van der Waals surface area contributed by atoms with Crippen LogP contribution in [-0.4, -0.2) is 33.5 Å². The number of hydrogen-bond donors (Lipinski definition) is 1. The summed E-state index contributed by atoms with van der Waals surface area (Å²) in [7, 11) is 0. The molecular formula is C14H14BrN3O2S. The van der Waals surface area contributed by atoms with E-state index in [0.29, 0.717) is 18.7 Å². The molecule has 1 aliphatic rings. The van der Waals surface area contributed by atoms with Crippen LogP contribution >= 0.6 is 27.7 Å². The predicted molar refractivity (Wildman–Crippen MR) is 87.4 cm³/mol. The van der Waals surface area contributed by atoms with Crippen LogP contribution in [0.2, 0.25) is 0 Å². The lowest BCUT2D eigenvalue weighted by molar-refractivity contribution is -0.117. The zero-order valence-electron chi connectivity index (χ0n) is 11.4. The zero-order chi connectivity index (χ0) is 15.0. The molecule has 1 atom stereocenters. The topological polar surface area (TPSA) is 66.1 Å². The van der Waals surface area contributed by atoms with Gasteiger partial charge >= 0.3 is 0 Å². The van der Waals surface area contributed by atoms with Crippen molar-refractivity contribution in [3.8, 4) is 0 Å². The minimum atomic E-state index is 0.101. The summed E-state index contributed by atoms with van der Waals surface area (Å²) in [4.78, 5) is 25.0. The second kappa shape index (κ2) is 5.81. The van der Waals surface area contributed by atoms with E-state index in [2.05, 4.69) is 26.1 Å². The second-order valence-corrected chi connectivity index (χ2v) is 7.11. The molecule has 5 nitrogen and oxygen atoms in total. The van der Waals surface area contributed by atoms with E-state index in [4.69, 9.17) is 0 Å². The summed E-state index contributed by atoms with van der Waals surface area (Å²) in [5, 5.41) is 8.16. The summed E-state index contributed by atoms with van der Waals surface area (Å²) in [6.45, 7) is 2.22. The van der Waals surface area contributed by atoms with Gasteiger partial charge in [0.25, 0.3) is 0 Å². The molecule has 1 amide bonds. The van der Waals surface area contributed by atoms with Gasteiger partial charge in [-0.1, -0.05) is 11.8 Å². The average Bonchev–Trinajstić information content (AvgIpc) is 3.00. The van der Waals surface area contributed by atoms with Gasteiger partial charge in [-0.25, -0.2) is 0 Å². The molecule has 1 saturated heterocycles. The first-order valence-corrected chi connectivity index (χ1v) is 8.40. The highest BCUT2D eigenvalue weighted by Crippen LogP contribution is 2.30. The summed E-state index contributed by atoms with van der Waals surface area (Å²) in [6, 6.07) is 5.79. The molecule has 0 radical (unpaired) electrons. The lowest BCUT2D eigenvalue weighted by atomic mass is 10.1. The van der Waals surface area contributed by atoms with Gasteiger partial charge in [-0.3, -0.25) is 14.7 Å². The summed E-state index contributed by atoms with van der Waals surface area (Å²) >= 11 is 4.69. The molecular weight excluding hydrogens is 354 g/mol. The number of hydrogen-bond acceptors (Lipinski definition) is 4. The lowest BCUT2D eigenvalue weighted by Gasteiger charge is -2.16. The molecule has 1 N–H and O–H groups in total. The number of thioether (sulfide) groups is 1. The Morgan fingerprint density at radius 3 is 3.14 bits per heavy atom. The number of nitrogens with zero attached hydrogens (tertiary/aromatic N) is 2. The number of rotatable bonds is 3. The lowest BCUT2D eigenvalue weighted by Crippen LogP contribution is -2.24.